The van der Waals surface area contributed by atoms with Crippen molar-refractivity contribution in [3.63, 3.8) is 0 Å². The van der Waals surface area contributed by atoms with E-state index in [4.69, 9.17) is 0 Å². The third kappa shape index (κ3) is 5.98. The van der Waals surface area contributed by atoms with Gasteiger partial charge in [-0.05, 0) is 56.3 Å². The number of hydrogen-bond donors (Lipinski definition) is 2. The predicted molar refractivity (Wildman–Crippen MR) is 130 cm³/mol. The normalized spacial score (nSPS) is 11.0. The summed E-state index contributed by atoms with van der Waals surface area (Å²) in [6.45, 7) is 3.76. The lowest BCUT2D eigenvalue weighted by molar-refractivity contribution is -0.116. The lowest BCUT2D eigenvalue weighted by atomic mass is 10.2. The van der Waals surface area contributed by atoms with E-state index in [-0.39, 0.29) is 29.7 Å². The third-order valence-corrected chi connectivity index (χ3v) is 6.95. The minimum atomic E-state index is -3.87. The fraction of sp³-hybridized carbons (Fsp3) is 0.200. The standard InChI is InChI=1S/C25H27N3O4S/c1-18-7-11-22(12-8-18)28(33(31,32)23-13-9-19(2)10-14-23)16-15-24(29)27-21-6-4-5-20(17-21)25(30)26-3/h4-14,17H,15-16H2,1-3H3,(H,26,30)(H,27,29). The summed E-state index contributed by atoms with van der Waals surface area (Å²) in [5.74, 6) is -0.624. The summed E-state index contributed by atoms with van der Waals surface area (Å²) >= 11 is 0. The number of nitrogens with one attached hydrogen (secondary N) is 2. The molecule has 33 heavy (non-hydrogen) atoms. The minimum Gasteiger partial charge on any atom is -0.355 e. The molecule has 3 rings (SSSR count). The van der Waals surface area contributed by atoms with Gasteiger partial charge >= 0.3 is 0 Å². The van der Waals surface area contributed by atoms with E-state index in [9.17, 15) is 18.0 Å². The number of aryl methyl sites for hydroxylation is 2. The van der Waals surface area contributed by atoms with Crippen LogP contribution >= 0.6 is 0 Å². The van der Waals surface area contributed by atoms with E-state index < -0.39 is 10.0 Å². The number of benzene rings is 3. The molecule has 3 aromatic rings. The first-order chi connectivity index (χ1) is 15.7. The van der Waals surface area contributed by atoms with Gasteiger partial charge in [0.2, 0.25) is 5.91 Å². The molecule has 8 heteroatoms. The smallest absolute Gasteiger partial charge is 0.264 e. The summed E-state index contributed by atoms with van der Waals surface area (Å²) in [7, 11) is -2.34. The highest BCUT2D eigenvalue weighted by Crippen LogP contribution is 2.25. The highest BCUT2D eigenvalue weighted by molar-refractivity contribution is 7.92. The monoisotopic (exact) mass is 465 g/mol. The molecule has 0 atom stereocenters. The lowest BCUT2D eigenvalue weighted by Gasteiger charge is -2.24. The Labute approximate surface area is 194 Å². The Morgan fingerprint density at radius 1 is 0.879 bits per heavy atom. The number of rotatable bonds is 8. The average Bonchev–Trinajstić information content (AvgIpc) is 2.80. The molecule has 2 amide bonds. The van der Waals surface area contributed by atoms with Crippen molar-refractivity contribution in [1.29, 1.82) is 0 Å². The first kappa shape index (κ1) is 24.0. The van der Waals surface area contributed by atoms with Gasteiger partial charge in [-0.3, -0.25) is 13.9 Å². The number of nitrogens with zero attached hydrogens (tertiary/aromatic N) is 1. The Hall–Kier alpha value is -3.65. The maximum absolute atomic E-state index is 13.4. The molecular weight excluding hydrogens is 438 g/mol. The Balaban J connectivity index is 1.81. The van der Waals surface area contributed by atoms with Crippen molar-refractivity contribution in [2.75, 3.05) is 23.2 Å². The second-order valence-corrected chi connectivity index (χ2v) is 9.55. The molecule has 0 radical (unpaired) electrons. The predicted octanol–water partition coefficient (Wildman–Crippen LogP) is 3.89. The lowest BCUT2D eigenvalue weighted by Crippen LogP contribution is -2.34. The van der Waals surface area contributed by atoms with Crippen LogP contribution in [0.4, 0.5) is 11.4 Å². The molecule has 0 aliphatic carbocycles. The average molecular weight is 466 g/mol. The van der Waals surface area contributed by atoms with Crippen molar-refractivity contribution in [2.24, 2.45) is 0 Å². The van der Waals surface area contributed by atoms with Crippen molar-refractivity contribution in [3.8, 4) is 0 Å². The van der Waals surface area contributed by atoms with E-state index in [0.29, 0.717) is 16.9 Å². The zero-order valence-corrected chi connectivity index (χ0v) is 19.6. The molecule has 2 N–H and O–H groups in total. The second-order valence-electron chi connectivity index (χ2n) is 7.68. The van der Waals surface area contributed by atoms with Crippen LogP contribution in [0.1, 0.15) is 27.9 Å². The zero-order valence-electron chi connectivity index (χ0n) is 18.8. The molecule has 0 saturated carbocycles. The van der Waals surface area contributed by atoms with Gasteiger partial charge in [0, 0.05) is 31.3 Å². The highest BCUT2D eigenvalue weighted by atomic mass is 32.2. The van der Waals surface area contributed by atoms with Gasteiger partial charge in [0.25, 0.3) is 15.9 Å². The molecule has 0 aromatic heterocycles. The number of amides is 2. The van der Waals surface area contributed by atoms with E-state index in [1.165, 1.54) is 11.4 Å². The van der Waals surface area contributed by atoms with E-state index >= 15 is 0 Å². The van der Waals surface area contributed by atoms with Crippen molar-refractivity contribution >= 4 is 33.2 Å². The molecule has 0 bridgehead atoms. The summed E-state index contributed by atoms with van der Waals surface area (Å²) in [6, 6.07) is 20.3. The first-order valence-corrected chi connectivity index (χ1v) is 11.9. The van der Waals surface area contributed by atoms with Gasteiger partial charge < -0.3 is 10.6 Å². The van der Waals surface area contributed by atoms with Gasteiger partial charge in [0.05, 0.1) is 10.6 Å². The topological polar surface area (TPSA) is 95.6 Å². The fourth-order valence-electron chi connectivity index (χ4n) is 3.25. The van der Waals surface area contributed by atoms with Gasteiger partial charge in [-0.2, -0.15) is 0 Å². The fourth-order valence-corrected chi connectivity index (χ4v) is 4.71. The molecule has 0 unspecified atom stereocenters. The Morgan fingerprint density at radius 3 is 2.09 bits per heavy atom. The molecule has 0 fully saturated rings. The maximum atomic E-state index is 13.4. The molecule has 0 heterocycles. The second kappa shape index (κ2) is 10.3. The Bertz CT molecular complexity index is 1240. The van der Waals surface area contributed by atoms with E-state index in [1.807, 2.05) is 26.0 Å². The van der Waals surface area contributed by atoms with Crippen molar-refractivity contribution in [2.45, 2.75) is 25.2 Å². The van der Waals surface area contributed by atoms with Crippen LogP contribution in [0.3, 0.4) is 0 Å². The highest BCUT2D eigenvalue weighted by Gasteiger charge is 2.25. The summed E-state index contributed by atoms with van der Waals surface area (Å²) in [5, 5.41) is 5.27. The summed E-state index contributed by atoms with van der Waals surface area (Å²) in [4.78, 5) is 24.6. The van der Waals surface area contributed by atoms with Gasteiger partial charge in [-0.25, -0.2) is 8.42 Å². The number of carbonyl (C=O) groups excluding carboxylic acids is 2. The zero-order chi connectivity index (χ0) is 24.0. The summed E-state index contributed by atoms with van der Waals surface area (Å²) in [6.07, 6.45) is -0.0663. The van der Waals surface area contributed by atoms with Gasteiger partial charge in [0.1, 0.15) is 0 Å². The molecule has 0 spiro atoms. The van der Waals surface area contributed by atoms with Crippen LogP contribution in [-0.4, -0.2) is 33.8 Å². The maximum Gasteiger partial charge on any atom is 0.264 e. The van der Waals surface area contributed by atoms with Crippen LogP contribution in [0.2, 0.25) is 0 Å². The molecule has 0 aliphatic heterocycles. The molecule has 3 aromatic carbocycles. The van der Waals surface area contributed by atoms with Crippen LogP contribution in [-0.2, 0) is 14.8 Å². The third-order valence-electron chi connectivity index (χ3n) is 5.11. The van der Waals surface area contributed by atoms with Gasteiger partial charge in [0.15, 0.2) is 0 Å². The Morgan fingerprint density at radius 2 is 1.48 bits per heavy atom. The van der Waals surface area contributed by atoms with Crippen molar-refractivity contribution in [1.82, 2.24) is 5.32 Å². The van der Waals surface area contributed by atoms with Crippen LogP contribution in [0.25, 0.3) is 0 Å². The van der Waals surface area contributed by atoms with E-state index in [2.05, 4.69) is 10.6 Å². The van der Waals surface area contributed by atoms with Crippen molar-refractivity contribution in [3.05, 3.63) is 89.5 Å². The molecule has 172 valence electrons. The van der Waals surface area contributed by atoms with Crippen LogP contribution in [0, 0.1) is 13.8 Å². The quantitative estimate of drug-likeness (QED) is 0.528. The van der Waals surface area contributed by atoms with E-state index in [0.717, 1.165) is 11.1 Å². The summed E-state index contributed by atoms with van der Waals surface area (Å²) in [5.41, 5.74) is 3.31. The first-order valence-electron chi connectivity index (χ1n) is 10.5. The number of carbonyl (C=O) groups is 2. The Kier molecular flexibility index (Phi) is 7.50. The van der Waals surface area contributed by atoms with Gasteiger partial charge in [-0.1, -0.05) is 41.5 Å². The van der Waals surface area contributed by atoms with Crippen molar-refractivity contribution < 1.29 is 18.0 Å². The number of anilines is 2. The van der Waals surface area contributed by atoms with E-state index in [1.54, 1.807) is 60.7 Å². The minimum absolute atomic E-state index is 0.0414. The number of hydrogen-bond acceptors (Lipinski definition) is 4. The molecule has 7 nitrogen and oxygen atoms in total. The molecule has 0 saturated heterocycles. The van der Waals surface area contributed by atoms with Crippen LogP contribution in [0.5, 0.6) is 0 Å². The van der Waals surface area contributed by atoms with Crippen LogP contribution in [0.15, 0.2) is 77.7 Å². The SMILES string of the molecule is CNC(=O)c1cccc(NC(=O)CCN(c2ccc(C)cc2)S(=O)(=O)c2ccc(C)cc2)c1. The largest absolute Gasteiger partial charge is 0.355 e. The summed E-state index contributed by atoms with van der Waals surface area (Å²) < 4.78 is 28.1. The van der Waals surface area contributed by atoms with Gasteiger partial charge in [-0.15, -0.1) is 0 Å². The van der Waals surface area contributed by atoms with Crippen LogP contribution < -0.4 is 14.9 Å². The molecular formula is C25H27N3O4S. The number of sulfonamides is 1. The molecule has 0 aliphatic rings.